The van der Waals surface area contributed by atoms with E-state index in [0.717, 1.165) is 29.9 Å². The number of halogens is 1. The number of anilines is 1. The van der Waals surface area contributed by atoms with Gasteiger partial charge in [0.25, 0.3) is 0 Å². The zero-order chi connectivity index (χ0) is 18.5. The molecule has 0 aliphatic heterocycles. The minimum Gasteiger partial charge on any atom is -0.325 e. The quantitative estimate of drug-likeness (QED) is 0.784. The van der Waals surface area contributed by atoms with Crippen LogP contribution in [0.5, 0.6) is 0 Å². The Morgan fingerprint density at radius 1 is 1.27 bits per heavy atom. The van der Waals surface area contributed by atoms with Crippen LogP contribution in [0.25, 0.3) is 0 Å². The van der Waals surface area contributed by atoms with Gasteiger partial charge in [-0.05, 0) is 42.5 Å². The number of amides is 1. The number of rotatable bonds is 4. The molecule has 136 valence electrons. The summed E-state index contributed by atoms with van der Waals surface area (Å²) in [5, 5.41) is 12.8. The summed E-state index contributed by atoms with van der Waals surface area (Å²) < 4.78 is 0. The van der Waals surface area contributed by atoms with Crippen LogP contribution >= 0.6 is 23.4 Å². The lowest BCUT2D eigenvalue weighted by molar-refractivity contribution is -0.113. The molecule has 2 aromatic rings. The molecule has 1 saturated carbocycles. The Labute approximate surface area is 162 Å². The number of thioether (sulfide) groups is 1. The predicted molar refractivity (Wildman–Crippen MR) is 104 cm³/mol. The summed E-state index contributed by atoms with van der Waals surface area (Å²) in [6.07, 6.45) is 2.29. The molecule has 0 radical (unpaired) electrons. The smallest absolute Gasteiger partial charge is 0.234 e. The second-order valence-corrected chi connectivity index (χ2v) is 9.20. The first-order chi connectivity index (χ1) is 12.3. The highest BCUT2D eigenvalue weighted by Gasteiger charge is 2.61. The van der Waals surface area contributed by atoms with E-state index in [1.807, 2.05) is 0 Å². The van der Waals surface area contributed by atoms with Crippen molar-refractivity contribution in [3.8, 4) is 0 Å². The Bertz CT molecular complexity index is 870. The summed E-state index contributed by atoms with van der Waals surface area (Å²) in [7, 11) is 0. The predicted octanol–water partition coefficient (Wildman–Crippen LogP) is 4.43. The molecule has 0 saturated heterocycles. The van der Waals surface area contributed by atoms with Crippen LogP contribution < -0.4 is 5.32 Å². The lowest BCUT2D eigenvalue weighted by Gasteiger charge is -2.33. The fourth-order valence-corrected chi connectivity index (χ4v) is 5.00. The van der Waals surface area contributed by atoms with Crippen molar-refractivity contribution in [3.05, 3.63) is 40.7 Å². The fraction of sp³-hybridized carbons (Fsp3) is 0.474. The van der Waals surface area contributed by atoms with Gasteiger partial charge in [0, 0.05) is 22.0 Å². The van der Waals surface area contributed by atoms with Gasteiger partial charge in [0.2, 0.25) is 11.1 Å². The number of aromatic nitrogens is 3. The van der Waals surface area contributed by atoms with Crippen molar-refractivity contribution in [2.45, 2.75) is 50.1 Å². The molecule has 1 aromatic heterocycles. The highest BCUT2D eigenvalue weighted by Crippen LogP contribution is 2.66. The second-order valence-electron chi connectivity index (χ2n) is 7.82. The molecule has 1 aromatic carbocycles. The van der Waals surface area contributed by atoms with Gasteiger partial charge in [0.05, 0.1) is 17.1 Å². The summed E-state index contributed by atoms with van der Waals surface area (Å²) >= 11 is 7.17. The summed E-state index contributed by atoms with van der Waals surface area (Å²) in [4.78, 5) is 16.9. The molecule has 2 aliphatic rings. The molecule has 5 nitrogen and oxygen atoms in total. The van der Waals surface area contributed by atoms with Gasteiger partial charge in [-0.25, -0.2) is 4.98 Å². The van der Waals surface area contributed by atoms with Crippen molar-refractivity contribution < 1.29 is 4.79 Å². The lowest BCUT2D eigenvalue weighted by atomic mass is 9.70. The molecule has 2 unspecified atom stereocenters. The third kappa shape index (κ3) is 2.70. The van der Waals surface area contributed by atoms with Crippen LogP contribution in [0.1, 0.15) is 50.9 Å². The van der Waals surface area contributed by atoms with Crippen LogP contribution in [-0.4, -0.2) is 26.8 Å². The first-order valence-electron chi connectivity index (χ1n) is 8.74. The summed E-state index contributed by atoms with van der Waals surface area (Å²) in [6, 6.07) is 7.04. The first kappa shape index (κ1) is 17.7. The van der Waals surface area contributed by atoms with E-state index in [2.05, 4.69) is 36.3 Å². The number of nitrogens with zero attached hydrogens (tertiary/aromatic N) is 3. The van der Waals surface area contributed by atoms with Crippen molar-refractivity contribution in [2.75, 3.05) is 11.1 Å². The van der Waals surface area contributed by atoms with E-state index in [1.54, 1.807) is 24.3 Å². The summed E-state index contributed by atoms with van der Waals surface area (Å²) in [6.45, 7) is 6.90. The van der Waals surface area contributed by atoms with Crippen LogP contribution in [0.4, 0.5) is 5.69 Å². The minimum absolute atomic E-state index is 0.0455. The minimum atomic E-state index is -0.102. The molecule has 1 amide bonds. The van der Waals surface area contributed by atoms with Crippen molar-refractivity contribution in [1.29, 1.82) is 0 Å². The van der Waals surface area contributed by atoms with E-state index in [4.69, 9.17) is 16.6 Å². The standard InChI is InChI=1S/C19H21ClN4OS/c1-18(2)13-8-9-19(18,3)16-15(13)23-24-17(22-16)26-10-14(25)21-12-6-4-11(20)5-7-12/h4-7,13H,8-10H2,1-3H3,(H,21,25). The lowest BCUT2D eigenvalue weighted by Crippen LogP contribution is -2.32. The molecule has 2 atom stereocenters. The SMILES string of the molecule is CC12CCC(c3nnc(SCC(=O)Nc4ccc(Cl)cc4)nc31)C2(C)C. The number of hydrogen-bond acceptors (Lipinski definition) is 5. The van der Waals surface area contributed by atoms with E-state index >= 15 is 0 Å². The van der Waals surface area contributed by atoms with Gasteiger partial charge < -0.3 is 5.32 Å². The van der Waals surface area contributed by atoms with Crippen LogP contribution in [0.3, 0.4) is 0 Å². The molecule has 1 fully saturated rings. The van der Waals surface area contributed by atoms with Gasteiger partial charge in [-0.3, -0.25) is 4.79 Å². The zero-order valence-corrected chi connectivity index (χ0v) is 16.6. The van der Waals surface area contributed by atoms with Crippen LogP contribution in [0.2, 0.25) is 5.02 Å². The molecular weight excluding hydrogens is 368 g/mol. The molecular formula is C19H21ClN4OS. The van der Waals surface area contributed by atoms with E-state index in [9.17, 15) is 4.79 Å². The second kappa shape index (κ2) is 6.20. The van der Waals surface area contributed by atoms with E-state index in [1.165, 1.54) is 11.8 Å². The van der Waals surface area contributed by atoms with E-state index < -0.39 is 0 Å². The highest BCUT2D eigenvalue weighted by atomic mass is 35.5. The van der Waals surface area contributed by atoms with E-state index in [-0.39, 0.29) is 22.5 Å². The Kier molecular flexibility index (Phi) is 4.23. The van der Waals surface area contributed by atoms with Gasteiger partial charge in [0.1, 0.15) is 0 Å². The number of fused-ring (bicyclic) bond motifs is 5. The van der Waals surface area contributed by atoms with Crippen molar-refractivity contribution in [1.82, 2.24) is 15.2 Å². The van der Waals surface area contributed by atoms with Gasteiger partial charge in [-0.2, -0.15) is 5.10 Å². The highest BCUT2D eigenvalue weighted by molar-refractivity contribution is 7.99. The normalized spacial score (nSPS) is 25.2. The van der Waals surface area contributed by atoms with Gasteiger partial charge in [0.15, 0.2) is 0 Å². The number of nitrogens with one attached hydrogen (secondary N) is 1. The maximum absolute atomic E-state index is 12.2. The molecule has 7 heteroatoms. The topological polar surface area (TPSA) is 67.8 Å². The van der Waals surface area contributed by atoms with Crippen LogP contribution in [0, 0.1) is 5.41 Å². The summed E-state index contributed by atoms with van der Waals surface area (Å²) in [5.41, 5.74) is 3.06. The Morgan fingerprint density at radius 3 is 2.73 bits per heavy atom. The van der Waals surface area contributed by atoms with Gasteiger partial charge in [-0.15, -0.1) is 5.10 Å². The molecule has 4 rings (SSSR count). The Balaban J connectivity index is 1.45. The van der Waals surface area contributed by atoms with Crippen molar-refractivity contribution in [2.24, 2.45) is 5.41 Å². The number of carbonyl (C=O) groups is 1. The maximum Gasteiger partial charge on any atom is 0.234 e. The van der Waals surface area contributed by atoms with Gasteiger partial charge >= 0.3 is 0 Å². The van der Waals surface area contributed by atoms with Crippen LogP contribution in [0.15, 0.2) is 29.4 Å². The van der Waals surface area contributed by atoms with Crippen molar-refractivity contribution in [3.63, 3.8) is 0 Å². The molecule has 2 bridgehead atoms. The third-order valence-electron chi connectivity index (χ3n) is 6.23. The molecule has 2 aliphatic carbocycles. The average molecular weight is 389 g/mol. The molecule has 1 N–H and O–H groups in total. The number of benzene rings is 1. The van der Waals surface area contributed by atoms with Crippen LogP contribution in [-0.2, 0) is 10.2 Å². The van der Waals surface area contributed by atoms with Crippen molar-refractivity contribution >= 4 is 35.0 Å². The fourth-order valence-electron chi connectivity index (χ4n) is 4.28. The Morgan fingerprint density at radius 2 is 2.00 bits per heavy atom. The molecule has 1 heterocycles. The third-order valence-corrected chi connectivity index (χ3v) is 7.32. The molecule has 26 heavy (non-hydrogen) atoms. The largest absolute Gasteiger partial charge is 0.325 e. The van der Waals surface area contributed by atoms with Gasteiger partial charge in [-0.1, -0.05) is 44.1 Å². The van der Waals surface area contributed by atoms with E-state index in [0.29, 0.717) is 16.1 Å². The summed E-state index contributed by atoms with van der Waals surface area (Å²) in [5.74, 6) is 0.580. The molecule has 0 spiro atoms. The zero-order valence-electron chi connectivity index (χ0n) is 15.0. The monoisotopic (exact) mass is 388 g/mol. The number of hydrogen-bond donors (Lipinski definition) is 1. The number of carbonyl (C=O) groups excluding carboxylic acids is 1. The maximum atomic E-state index is 12.2. The Hall–Kier alpha value is -1.66. The first-order valence-corrected chi connectivity index (χ1v) is 10.1. The average Bonchev–Trinajstić information content (AvgIpc) is 2.94.